The molecular formula is C28H32F7NO2. The molecule has 10 heteroatoms. The number of amides is 1. The Morgan fingerprint density at radius 2 is 1.63 bits per heavy atom. The number of hydrogen-bond acceptors (Lipinski definition) is 2. The number of halogens is 7. The number of fused-ring (bicyclic) bond motifs is 5. The van der Waals surface area contributed by atoms with Gasteiger partial charge in [-0.2, -0.15) is 22.0 Å². The molecule has 0 spiro atoms. The number of ether oxygens (including phenoxy) is 1. The second-order valence-corrected chi connectivity index (χ2v) is 11.9. The Hall–Kier alpha value is -2.26. The lowest BCUT2D eigenvalue weighted by Crippen LogP contribution is -2.63. The fourth-order valence-electron chi connectivity index (χ4n) is 8.26. The molecule has 1 aromatic carbocycles. The molecular weight excluding hydrogens is 515 g/mol. The van der Waals surface area contributed by atoms with E-state index >= 15 is 0 Å². The second-order valence-electron chi connectivity index (χ2n) is 11.9. The van der Waals surface area contributed by atoms with E-state index in [-0.39, 0.29) is 23.3 Å². The summed E-state index contributed by atoms with van der Waals surface area (Å²) in [6.07, 6.45) is 1.55. The number of piperidine rings is 1. The number of rotatable bonds is 2. The third-order valence-corrected chi connectivity index (χ3v) is 10.1. The van der Waals surface area contributed by atoms with Crippen LogP contribution in [0.2, 0.25) is 0 Å². The average molecular weight is 548 g/mol. The maximum absolute atomic E-state index is 14.5. The standard InChI is InChI=1S/C28H32F7NO2/c1-14(37)36-12-4-5-19-17-7-6-15-13-16(8-10-26(15,2)18(17)9-11-27(19,36)3)38-25-23(31)21(29)20(28(33,34)35)22(30)24(25)32/h6,16-19H,4-5,7-13H2,1-3H3/t16-,17+,18-,19-,26-,27-/m0/s1. The number of nitrogens with zero attached hydrogens (tertiary/aromatic N) is 1. The van der Waals surface area contributed by atoms with Gasteiger partial charge in [-0.1, -0.05) is 18.6 Å². The van der Waals surface area contributed by atoms with Gasteiger partial charge in [0.05, 0.1) is 0 Å². The Bertz CT molecular complexity index is 1150. The number of carbonyl (C=O) groups is 1. The van der Waals surface area contributed by atoms with Gasteiger partial charge in [-0.15, -0.1) is 0 Å². The summed E-state index contributed by atoms with van der Waals surface area (Å²) >= 11 is 0. The van der Waals surface area contributed by atoms with Crippen molar-refractivity contribution in [3.8, 4) is 5.75 Å². The van der Waals surface area contributed by atoms with Gasteiger partial charge in [0.25, 0.3) is 0 Å². The molecule has 1 aliphatic heterocycles. The lowest BCUT2D eigenvalue weighted by atomic mass is 9.48. The van der Waals surface area contributed by atoms with Crippen LogP contribution in [0, 0.1) is 46.4 Å². The van der Waals surface area contributed by atoms with E-state index in [1.807, 2.05) is 4.90 Å². The highest BCUT2D eigenvalue weighted by molar-refractivity contribution is 5.74. The molecule has 0 radical (unpaired) electrons. The van der Waals surface area contributed by atoms with Crippen LogP contribution in [-0.4, -0.2) is 29.0 Å². The van der Waals surface area contributed by atoms with Crippen molar-refractivity contribution in [3.63, 3.8) is 0 Å². The molecule has 0 N–H and O–H groups in total. The molecule has 210 valence electrons. The van der Waals surface area contributed by atoms with Crippen molar-refractivity contribution in [3.05, 3.63) is 40.5 Å². The zero-order valence-electron chi connectivity index (χ0n) is 21.7. The molecule has 6 atom stereocenters. The summed E-state index contributed by atoms with van der Waals surface area (Å²) < 4.78 is 101. The summed E-state index contributed by atoms with van der Waals surface area (Å²) in [5.74, 6) is -9.63. The molecule has 0 aromatic heterocycles. The van der Waals surface area contributed by atoms with Gasteiger partial charge in [-0.3, -0.25) is 4.79 Å². The predicted molar refractivity (Wildman–Crippen MR) is 125 cm³/mol. The summed E-state index contributed by atoms with van der Waals surface area (Å²) in [7, 11) is 0. The molecule has 3 nitrogen and oxygen atoms in total. The van der Waals surface area contributed by atoms with Gasteiger partial charge >= 0.3 is 6.18 Å². The monoisotopic (exact) mass is 547 g/mol. The number of carbonyl (C=O) groups excluding carboxylic acids is 1. The average Bonchev–Trinajstić information content (AvgIpc) is 2.83. The van der Waals surface area contributed by atoms with Crippen LogP contribution in [0.4, 0.5) is 30.7 Å². The molecule has 5 rings (SSSR count). The molecule has 4 aliphatic rings. The molecule has 0 unspecified atom stereocenters. The zero-order chi connectivity index (χ0) is 27.8. The summed E-state index contributed by atoms with van der Waals surface area (Å²) in [6.45, 7) is 6.78. The largest absolute Gasteiger partial charge is 0.484 e. The van der Waals surface area contributed by atoms with Crippen molar-refractivity contribution in [1.82, 2.24) is 4.90 Å². The maximum atomic E-state index is 14.5. The Morgan fingerprint density at radius 3 is 2.24 bits per heavy atom. The van der Waals surface area contributed by atoms with Crippen LogP contribution in [0.3, 0.4) is 0 Å². The van der Waals surface area contributed by atoms with Gasteiger partial charge < -0.3 is 9.64 Å². The Morgan fingerprint density at radius 1 is 0.974 bits per heavy atom. The van der Waals surface area contributed by atoms with E-state index in [2.05, 4.69) is 19.9 Å². The van der Waals surface area contributed by atoms with E-state index in [0.29, 0.717) is 30.6 Å². The first kappa shape index (κ1) is 27.3. The van der Waals surface area contributed by atoms with Crippen molar-refractivity contribution >= 4 is 5.91 Å². The highest BCUT2D eigenvalue weighted by Crippen LogP contribution is 2.62. The highest BCUT2D eigenvalue weighted by atomic mass is 19.4. The lowest BCUT2D eigenvalue weighted by Gasteiger charge is -2.62. The predicted octanol–water partition coefficient (Wildman–Crippen LogP) is 7.57. The molecule has 0 bridgehead atoms. The van der Waals surface area contributed by atoms with E-state index in [4.69, 9.17) is 4.74 Å². The number of hydrogen-bond donors (Lipinski definition) is 0. The van der Waals surface area contributed by atoms with Gasteiger partial charge in [0.2, 0.25) is 17.5 Å². The van der Waals surface area contributed by atoms with E-state index in [0.717, 1.165) is 44.2 Å². The third kappa shape index (κ3) is 4.03. The first-order valence-corrected chi connectivity index (χ1v) is 13.3. The number of likely N-dealkylation sites (tertiary alicyclic amines) is 1. The number of benzene rings is 1. The van der Waals surface area contributed by atoms with Crippen molar-refractivity contribution in [2.75, 3.05) is 6.54 Å². The summed E-state index contributed by atoms with van der Waals surface area (Å²) in [4.78, 5) is 14.4. The lowest BCUT2D eigenvalue weighted by molar-refractivity contribution is -0.151. The third-order valence-electron chi connectivity index (χ3n) is 10.1. The van der Waals surface area contributed by atoms with Crippen molar-refractivity contribution in [2.45, 2.75) is 90.0 Å². The van der Waals surface area contributed by atoms with Crippen molar-refractivity contribution in [1.29, 1.82) is 0 Å². The first-order valence-electron chi connectivity index (χ1n) is 13.3. The van der Waals surface area contributed by atoms with Gasteiger partial charge in [0, 0.05) is 25.4 Å². The van der Waals surface area contributed by atoms with Crippen LogP contribution in [0.1, 0.15) is 77.7 Å². The van der Waals surface area contributed by atoms with Gasteiger partial charge in [-0.05, 0) is 75.0 Å². The quantitative estimate of drug-likeness (QED) is 0.217. The fourth-order valence-corrected chi connectivity index (χ4v) is 8.26. The molecule has 1 aromatic rings. The molecule has 1 heterocycles. The summed E-state index contributed by atoms with van der Waals surface area (Å²) in [5, 5.41) is 0. The number of allylic oxidation sites excluding steroid dienone is 1. The van der Waals surface area contributed by atoms with Crippen LogP contribution in [0.5, 0.6) is 5.75 Å². The molecule has 38 heavy (non-hydrogen) atoms. The smallest absolute Gasteiger partial charge is 0.422 e. The Labute approximate surface area is 217 Å². The van der Waals surface area contributed by atoms with Crippen LogP contribution in [-0.2, 0) is 11.0 Å². The zero-order valence-corrected chi connectivity index (χ0v) is 21.7. The topological polar surface area (TPSA) is 29.5 Å². The highest BCUT2D eigenvalue weighted by Gasteiger charge is 2.57. The van der Waals surface area contributed by atoms with Crippen LogP contribution in [0.25, 0.3) is 0 Å². The summed E-state index contributed by atoms with van der Waals surface area (Å²) in [5.41, 5.74) is -1.94. The summed E-state index contributed by atoms with van der Waals surface area (Å²) in [6, 6.07) is 0. The van der Waals surface area contributed by atoms with Crippen LogP contribution in [0.15, 0.2) is 11.6 Å². The number of alkyl halides is 3. The first-order chi connectivity index (χ1) is 17.7. The molecule has 1 amide bonds. The maximum Gasteiger partial charge on any atom is 0.422 e. The molecule has 2 saturated carbocycles. The van der Waals surface area contributed by atoms with E-state index in [1.54, 1.807) is 6.92 Å². The Balaban J connectivity index is 1.39. The van der Waals surface area contributed by atoms with Crippen LogP contribution >= 0.6 is 0 Å². The SMILES string of the molecule is CC(=O)N1CCC[C@H]2[C@@H]3CC=C4C[C@@H](Oc5c(F)c(F)c(C(F)(F)F)c(F)c5F)CC[C@]4(C)[C@H]3CC[C@@]21C. The van der Waals surface area contributed by atoms with E-state index in [1.165, 1.54) is 0 Å². The normalized spacial score (nSPS) is 35.1. The van der Waals surface area contributed by atoms with Gasteiger partial charge in [0.1, 0.15) is 11.7 Å². The molecule has 1 saturated heterocycles. The van der Waals surface area contributed by atoms with E-state index < -0.39 is 46.9 Å². The van der Waals surface area contributed by atoms with Crippen molar-refractivity contribution in [2.24, 2.45) is 23.2 Å². The van der Waals surface area contributed by atoms with Gasteiger partial charge in [-0.25, -0.2) is 8.78 Å². The van der Waals surface area contributed by atoms with E-state index in [9.17, 15) is 35.5 Å². The van der Waals surface area contributed by atoms with Crippen molar-refractivity contribution < 1.29 is 40.3 Å². The minimum absolute atomic E-state index is 0.0992. The second kappa shape index (κ2) is 9.15. The van der Waals surface area contributed by atoms with Gasteiger partial charge in [0.15, 0.2) is 17.4 Å². The van der Waals surface area contributed by atoms with Crippen LogP contribution < -0.4 is 4.74 Å². The Kier molecular flexibility index (Phi) is 6.58. The molecule has 3 aliphatic carbocycles. The fraction of sp³-hybridized carbons (Fsp3) is 0.679. The minimum atomic E-state index is -5.60. The minimum Gasteiger partial charge on any atom is -0.484 e. The molecule has 3 fully saturated rings.